The van der Waals surface area contributed by atoms with Crippen molar-refractivity contribution in [1.29, 1.82) is 0 Å². The lowest BCUT2D eigenvalue weighted by Crippen LogP contribution is -2.31. The number of hydrogen-bond acceptors (Lipinski definition) is 4. The number of anilines is 1. The van der Waals surface area contributed by atoms with Crippen molar-refractivity contribution in [3.05, 3.63) is 53.9 Å². The number of nitrogens with one attached hydrogen (secondary N) is 1. The lowest BCUT2D eigenvalue weighted by Gasteiger charge is -2.26. The van der Waals surface area contributed by atoms with Crippen LogP contribution in [-0.2, 0) is 6.42 Å². The highest BCUT2D eigenvalue weighted by molar-refractivity contribution is 5.93. The average Bonchev–Trinajstić information content (AvgIpc) is 2.67. The molecule has 1 saturated heterocycles. The molecule has 1 aliphatic heterocycles. The van der Waals surface area contributed by atoms with Crippen molar-refractivity contribution >= 4 is 11.9 Å². The van der Waals surface area contributed by atoms with Crippen LogP contribution in [0.2, 0.25) is 0 Å². The first-order valence-corrected chi connectivity index (χ1v) is 8.72. The van der Waals surface area contributed by atoms with E-state index < -0.39 is 0 Å². The third kappa shape index (κ3) is 4.54. The number of amides is 1. The Bertz CT molecular complexity index is 636. The second-order valence-electron chi connectivity index (χ2n) is 6.16. The SMILES string of the molecule is O=C(NCCCc1ccccc1)c1cnc(N2CCCCC2)nc1. The van der Waals surface area contributed by atoms with E-state index in [9.17, 15) is 4.79 Å². The zero-order valence-electron chi connectivity index (χ0n) is 13.9. The summed E-state index contributed by atoms with van der Waals surface area (Å²) in [6.07, 6.45) is 8.79. The van der Waals surface area contributed by atoms with Crippen molar-refractivity contribution in [2.24, 2.45) is 0 Å². The number of nitrogens with zero attached hydrogens (tertiary/aromatic N) is 3. The van der Waals surface area contributed by atoms with Gasteiger partial charge in [0.25, 0.3) is 5.91 Å². The fraction of sp³-hybridized carbons (Fsp3) is 0.421. The fourth-order valence-electron chi connectivity index (χ4n) is 2.94. The molecule has 24 heavy (non-hydrogen) atoms. The second kappa shape index (κ2) is 8.43. The zero-order valence-corrected chi connectivity index (χ0v) is 13.9. The predicted octanol–water partition coefficient (Wildman–Crippen LogP) is 2.83. The molecule has 0 atom stereocenters. The monoisotopic (exact) mass is 324 g/mol. The molecule has 1 aromatic carbocycles. The highest BCUT2D eigenvalue weighted by Gasteiger charge is 2.14. The number of benzene rings is 1. The van der Waals surface area contributed by atoms with Crippen LogP contribution in [0.4, 0.5) is 5.95 Å². The second-order valence-corrected chi connectivity index (χ2v) is 6.16. The van der Waals surface area contributed by atoms with Crippen molar-refractivity contribution in [3.8, 4) is 0 Å². The van der Waals surface area contributed by atoms with Crippen molar-refractivity contribution in [1.82, 2.24) is 15.3 Å². The van der Waals surface area contributed by atoms with Gasteiger partial charge in [0.15, 0.2) is 0 Å². The van der Waals surface area contributed by atoms with E-state index in [1.54, 1.807) is 12.4 Å². The average molecular weight is 324 g/mol. The van der Waals surface area contributed by atoms with E-state index in [-0.39, 0.29) is 5.91 Å². The van der Waals surface area contributed by atoms with Gasteiger partial charge in [-0.1, -0.05) is 30.3 Å². The smallest absolute Gasteiger partial charge is 0.254 e. The lowest BCUT2D eigenvalue weighted by molar-refractivity contribution is 0.0952. The Morgan fingerprint density at radius 3 is 2.46 bits per heavy atom. The van der Waals surface area contributed by atoms with E-state index in [2.05, 4.69) is 32.3 Å². The maximum Gasteiger partial charge on any atom is 0.254 e. The minimum absolute atomic E-state index is 0.103. The van der Waals surface area contributed by atoms with Gasteiger partial charge in [-0.25, -0.2) is 9.97 Å². The van der Waals surface area contributed by atoms with Crippen molar-refractivity contribution in [2.45, 2.75) is 32.1 Å². The van der Waals surface area contributed by atoms with Gasteiger partial charge in [0, 0.05) is 32.0 Å². The first-order valence-electron chi connectivity index (χ1n) is 8.72. The summed E-state index contributed by atoms with van der Waals surface area (Å²) in [5.41, 5.74) is 1.82. The van der Waals surface area contributed by atoms with Crippen LogP contribution in [0.1, 0.15) is 41.6 Å². The van der Waals surface area contributed by atoms with Crippen LogP contribution in [0.5, 0.6) is 0 Å². The van der Waals surface area contributed by atoms with Crippen molar-refractivity contribution < 1.29 is 4.79 Å². The van der Waals surface area contributed by atoms with Gasteiger partial charge in [-0.15, -0.1) is 0 Å². The molecule has 0 spiro atoms. The van der Waals surface area contributed by atoms with E-state index >= 15 is 0 Å². The highest BCUT2D eigenvalue weighted by Crippen LogP contribution is 2.14. The van der Waals surface area contributed by atoms with Crippen LogP contribution < -0.4 is 10.2 Å². The molecular weight excluding hydrogens is 300 g/mol. The molecule has 2 heterocycles. The van der Waals surface area contributed by atoms with Crippen molar-refractivity contribution in [3.63, 3.8) is 0 Å². The molecule has 1 aliphatic rings. The Morgan fingerprint density at radius 2 is 1.75 bits per heavy atom. The summed E-state index contributed by atoms with van der Waals surface area (Å²) in [7, 11) is 0. The molecule has 1 amide bonds. The van der Waals surface area contributed by atoms with Gasteiger partial charge in [-0.3, -0.25) is 4.79 Å². The molecule has 0 unspecified atom stereocenters. The van der Waals surface area contributed by atoms with Gasteiger partial charge in [-0.2, -0.15) is 0 Å². The largest absolute Gasteiger partial charge is 0.352 e. The van der Waals surface area contributed by atoms with E-state index in [4.69, 9.17) is 0 Å². The predicted molar refractivity (Wildman–Crippen MR) is 95.2 cm³/mol. The van der Waals surface area contributed by atoms with E-state index in [1.165, 1.54) is 24.8 Å². The zero-order chi connectivity index (χ0) is 16.6. The first kappa shape index (κ1) is 16.4. The van der Waals surface area contributed by atoms with Crippen molar-refractivity contribution in [2.75, 3.05) is 24.5 Å². The fourth-order valence-corrected chi connectivity index (χ4v) is 2.94. The first-order chi connectivity index (χ1) is 11.8. The van der Waals surface area contributed by atoms with Crippen LogP contribution >= 0.6 is 0 Å². The van der Waals surface area contributed by atoms with Crippen LogP contribution in [0.3, 0.4) is 0 Å². The quantitative estimate of drug-likeness (QED) is 0.830. The van der Waals surface area contributed by atoms with Gasteiger partial charge in [-0.05, 0) is 37.7 Å². The molecule has 1 aromatic heterocycles. The van der Waals surface area contributed by atoms with Gasteiger partial charge in [0.2, 0.25) is 5.95 Å². The summed E-state index contributed by atoms with van der Waals surface area (Å²) in [5, 5.41) is 2.94. The molecule has 5 nitrogen and oxygen atoms in total. The van der Waals surface area contributed by atoms with Crippen LogP contribution in [0, 0.1) is 0 Å². The Morgan fingerprint density at radius 1 is 1.04 bits per heavy atom. The summed E-state index contributed by atoms with van der Waals surface area (Å²) >= 11 is 0. The number of aromatic nitrogens is 2. The number of piperidine rings is 1. The number of carbonyl (C=O) groups is 1. The molecule has 0 saturated carbocycles. The van der Waals surface area contributed by atoms with E-state index in [0.29, 0.717) is 12.1 Å². The van der Waals surface area contributed by atoms with E-state index in [1.807, 2.05) is 18.2 Å². The van der Waals surface area contributed by atoms with Gasteiger partial charge in [0.05, 0.1) is 5.56 Å². The van der Waals surface area contributed by atoms with Crippen LogP contribution in [-0.4, -0.2) is 35.5 Å². The molecule has 5 heteroatoms. The minimum atomic E-state index is -0.103. The molecule has 1 fully saturated rings. The topological polar surface area (TPSA) is 58.1 Å². The van der Waals surface area contributed by atoms with Crippen LogP contribution in [0.15, 0.2) is 42.7 Å². The maximum atomic E-state index is 12.1. The molecular formula is C19H24N4O. The summed E-state index contributed by atoms with van der Waals surface area (Å²) in [4.78, 5) is 23.0. The summed E-state index contributed by atoms with van der Waals surface area (Å²) in [5.74, 6) is 0.628. The molecule has 0 bridgehead atoms. The van der Waals surface area contributed by atoms with Gasteiger partial charge in [0.1, 0.15) is 0 Å². The number of hydrogen-bond donors (Lipinski definition) is 1. The van der Waals surface area contributed by atoms with Crippen LogP contribution in [0.25, 0.3) is 0 Å². The third-order valence-corrected chi connectivity index (χ3v) is 4.31. The highest BCUT2D eigenvalue weighted by atomic mass is 16.1. The normalized spacial score (nSPS) is 14.4. The van der Waals surface area contributed by atoms with E-state index in [0.717, 1.165) is 31.9 Å². The number of rotatable bonds is 6. The standard InChI is InChI=1S/C19H24N4O/c24-18(20-11-7-10-16-8-3-1-4-9-16)17-14-21-19(22-15-17)23-12-5-2-6-13-23/h1,3-4,8-9,14-15H,2,5-7,10-13H2,(H,20,24). The van der Waals surface area contributed by atoms with Gasteiger partial charge < -0.3 is 10.2 Å². The molecule has 0 aliphatic carbocycles. The Balaban J connectivity index is 1.44. The summed E-state index contributed by atoms with van der Waals surface area (Å²) in [6.45, 7) is 2.66. The Kier molecular flexibility index (Phi) is 5.77. The minimum Gasteiger partial charge on any atom is -0.352 e. The maximum absolute atomic E-state index is 12.1. The molecule has 0 radical (unpaired) electrons. The number of aryl methyl sites for hydroxylation is 1. The molecule has 1 N–H and O–H groups in total. The Labute approximate surface area is 143 Å². The molecule has 3 rings (SSSR count). The summed E-state index contributed by atoms with van der Waals surface area (Å²) in [6, 6.07) is 10.3. The van der Waals surface area contributed by atoms with Gasteiger partial charge >= 0.3 is 0 Å². The lowest BCUT2D eigenvalue weighted by atomic mass is 10.1. The summed E-state index contributed by atoms with van der Waals surface area (Å²) < 4.78 is 0. The Hall–Kier alpha value is -2.43. The third-order valence-electron chi connectivity index (χ3n) is 4.31. The molecule has 126 valence electrons. The molecule has 2 aromatic rings. The number of carbonyl (C=O) groups excluding carboxylic acids is 1.